The molecule has 0 heterocycles. The second kappa shape index (κ2) is 6.46. The smallest absolute Gasteiger partial charge is 0.341 e. The lowest BCUT2D eigenvalue weighted by Gasteiger charge is -2.13. The lowest BCUT2D eigenvalue weighted by Crippen LogP contribution is -2.32. The third kappa shape index (κ3) is 4.20. The van der Waals surface area contributed by atoms with Gasteiger partial charge >= 0.3 is 5.97 Å². The average Bonchev–Trinajstić information content (AvgIpc) is 2.89. The molecule has 1 aromatic rings. The fourth-order valence-corrected chi connectivity index (χ4v) is 3.49. The van der Waals surface area contributed by atoms with Gasteiger partial charge in [0.25, 0.3) is 0 Å². The van der Waals surface area contributed by atoms with Gasteiger partial charge < -0.3 is 9.84 Å². The van der Waals surface area contributed by atoms with Gasteiger partial charge in [-0.25, -0.2) is 17.9 Å². The van der Waals surface area contributed by atoms with Gasteiger partial charge in [0.05, 0.1) is 9.92 Å². The molecule has 1 aromatic carbocycles. The summed E-state index contributed by atoms with van der Waals surface area (Å²) in [5.41, 5.74) is 0. The molecule has 0 saturated carbocycles. The maximum Gasteiger partial charge on any atom is 0.341 e. The summed E-state index contributed by atoms with van der Waals surface area (Å²) in [6.07, 6.45) is 5.16. The molecule has 21 heavy (non-hydrogen) atoms. The third-order valence-electron chi connectivity index (χ3n) is 2.89. The van der Waals surface area contributed by atoms with Crippen molar-refractivity contribution in [3.63, 3.8) is 0 Å². The molecule has 0 spiro atoms. The maximum atomic E-state index is 12.2. The van der Waals surface area contributed by atoms with Crippen LogP contribution in [0.4, 0.5) is 0 Å². The van der Waals surface area contributed by atoms with Crippen molar-refractivity contribution in [2.75, 3.05) is 6.61 Å². The van der Waals surface area contributed by atoms with Crippen molar-refractivity contribution in [2.45, 2.75) is 23.8 Å². The van der Waals surface area contributed by atoms with Gasteiger partial charge in [0.15, 0.2) is 6.61 Å². The first-order chi connectivity index (χ1) is 9.88. The Morgan fingerprint density at radius 3 is 2.62 bits per heavy atom. The normalized spacial score (nSPS) is 15.3. The summed E-state index contributed by atoms with van der Waals surface area (Å²) >= 11 is 5.91. The molecule has 8 heteroatoms. The van der Waals surface area contributed by atoms with E-state index in [0.29, 0.717) is 12.8 Å². The minimum Gasteiger partial charge on any atom is -0.480 e. The first-order valence-electron chi connectivity index (χ1n) is 6.20. The second-order valence-corrected chi connectivity index (χ2v) is 6.66. The maximum absolute atomic E-state index is 12.2. The number of halogens is 1. The van der Waals surface area contributed by atoms with Gasteiger partial charge in [-0.2, -0.15) is 0 Å². The Labute approximate surface area is 127 Å². The molecule has 6 nitrogen and oxygen atoms in total. The number of sulfonamides is 1. The van der Waals surface area contributed by atoms with Crippen LogP contribution in [0.1, 0.15) is 12.8 Å². The number of hydrogen-bond acceptors (Lipinski definition) is 4. The molecule has 1 aliphatic rings. The van der Waals surface area contributed by atoms with Crippen molar-refractivity contribution in [2.24, 2.45) is 0 Å². The monoisotopic (exact) mass is 331 g/mol. The van der Waals surface area contributed by atoms with Crippen LogP contribution in [-0.2, 0) is 14.8 Å². The van der Waals surface area contributed by atoms with Crippen LogP contribution in [0, 0.1) is 0 Å². The van der Waals surface area contributed by atoms with Crippen LogP contribution >= 0.6 is 11.6 Å². The zero-order chi connectivity index (χ0) is 15.5. The van der Waals surface area contributed by atoms with E-state index in [1.165, 1.54) is 18.2 Å². The number of carbonyl (C=O) groups is 1. The molecule has 0 aliphatic heterocycles. The van der Waals surface area contributed by atoms with Gasteiger partial charge in [-0.1, -0.05) is 23.8 Å². The third-order valence-corrected chi connectivity index (χ3v) is 4.71. The molecular formula is C13H14ClNO5S. The molecule has 0 unspecified atom stereocenters. The number of carboxylic acids is 1. The van der Waals surface area contributed by atoms with E-state index >= 15 is 0 Å². The number of aliphatic carboxylic acids is 1. The van der Waals surface area contributed by atoms with E-state index < -0.39 is 22.6 Å². The minimum atomic E-state index is -3.66. The lowest BCUT2D eigenvalue weighted by atomic mass is 10.3. The van der Waals surface area contributed by atoms with Gasteiger partial charge in [-0.05, 0) is 31.0 Å². The van der Waals surface area contributed by atoms with E-state index in [9.17, 15) is 13.2 Å². The standard InChI is InChI=1S/C13H14ClNO5S/c14-11-7-10(5-6-12(11)20-8-13(16)17)21(18,19)15-9-3-1-2-4-9/h1-2,5-7,9,15H,3-4,8H2,(H,16,17). The van der Waals surface area contributed by atoms with Gasteiger partial charge in [-0.15, -0.1) is 0 Å². The predicted molar refractivity (Wildman–Crippen MR) is 77.1 cm³/mol. The van der Waals surface area contributed by atoms with Crippen molar-refractivity contribution in [1.29, 1.82) is 0 Å². The van der Waals surface area contributed by atoms with Crippen LogP contribution < -0.4 is 9.46 Å². The summed E-state index contributed by atoms with van der Waals surface area (Å²) in [6, 6.07) is 3.76. The van der Waals surface area contributed by atoms with E-state index in [2.05, 4.69) is 4.72 Å². The van der Waals surface area contributed by atoms with Crippen LogP contribution in [0.25, 0.3) is 0 Å². The lowest BCUT2D eigenvalue weighted by molar-refractivity contribution is -0.139. The van der Waals surface area contributed by atoms with E-state index in [4.69, 9.17) is 21.4 Å². The van der Waals surface area contributed by atoms with Crippen molar-refractivity contribution in [3.05, 3.63) is 35.4 Å². The fraction of sp³-hybridized carbons (Fsp3) is 0.308. The highest BCUT2D eigenvalue weighted by Crippen LogP contribution is 2.27. The van der Waals surface area contributed by atoms with Crippen LogP contribution in [0.5, 0.6) is 5.75 Å². The molecule has 2 N–H and O–H groups in total. The van der Waals surface area contributed by atoms with Crippen LogP contribution in [0.3, 0.4) is 0 Å². The van der Waals surface area contributed by atoms with Crippen LogP contribution in [0.15, 0.2) is 35.2 Å². The zero-order valence-electron chi connectivity index (χ0n) is 11.0. The van der Waals surface area contributed by atoms with Crippen molar-refractivity contribution in [3.8, 4) is 5.75 Å². The summed E-state index contributed by atoms with van der Waals surface area (Å²) in [5.74, 6) is -1.02. The number of benzene rings is 1. The molecule has 114 valence electrons. The SMILES string of the molecule is O=C(O)COc1ccc(S(=O)(=O)NC2CC=CC2)cc1Cl. The molecule has 0 aromatic heterocycles. The molecule has 2 rings (SSSR count). The van der Waals surface area contributed by atoms with E-state index in [1.807, 2.05) is 12.2 Å². The molecule has 0 atom stereocenters. The fourth-order valence-electron chi connectivity index (χ4n) is 1.91. The Kier molecular flexibility index (Phi) is 4.87. The second-order valence-electron chi connectivity index (χ2n) is 4.54. The van der Waals surface area contributed by atoms with Gasteiger partial charge in [0.2, 0.25) is 10.0 Å². The number of nitrogens with one attached hydrogen (secondary N) is 1. The highest BCUT2D eigenvalue weighted by Gasteiger charge is 2.21. The summed E-state index contributed by atoms with van der Waals surface area (Å²) in [4.78, 5) is 10.4. The Bertz CT molecular complexity index is 663. The Hall–Kier alpha value is -1.57. The van der Waals surface area contributed by atoms with E-state index in [1.54, 1.807) is 0 Å². The quantitative estimate of drug-likeness (QED) is 0.775. The number of carboxylic acid groups (broad SMARTS) is 1. The molecule has 0 saturated heterocycles. The van der Waals surface area contributed by atoms with Crippen molar-refractivity contribution in [1.82, 2.24) is 4.72 Å². The topological polar surface area (TPSA) is 92.7 Å². The van der Waals surface area contributed by atoms with Gasteiger partial charge in [-0.3, -0.25) is 0 Å². The first-order valence-corrected chi connectivity index (χ1v) is 8.06. The molecule has 0 bridgehead atoms. The Morgan fingerprint density at radius 1 is 1.38 bits per heavy atom. The van der Waals surface area contributed by atoms with E-state index in [-0.39, 0.29) is 21.7 Å². The molecular weight excluding hydrogens is 318 g/mol. The summed E-state index contributed by atoms with van der Waals surface area (Å²) < 4.78 is 31.9. The Balaban J connectivity index is 2.12. The number of rotatable bonds is 6. The van der Waals surface area contributed by atoms with Gasteiger partial charge in [0.1, 0.15) is 5.75 Å². The highest BCUT2D eigenvalue weighted by atomic mass is 35.5. The Morgan fingerprint density at radius 2 is 2.05 bits per heavy atom. The van der Waals surface area contributed by atoms with Crippen molar-refractivity contribution < 1.29 is 23.1 Å². The van der Waals surface area contributed by atoms with Crippen LogP contribution in [0.2, 0.25) is 5.02 Å². The minimum absolute atomic E-state index is 0.0158. The molecule has 0 fully saturated rings. The molecule has 1 aliphatic carbocycles. The predicted octanol–water partition coefficient (Wildman–Crippen LogP) is 1.80. The van der Waals surface area contributed by atoms with Crippen molar-refractivity contribution >= 4 is 27.6 Å². The summed E-state index contributed by atoms with van der Waals surface area (Å²) in [6.45, 7) is -0.544. The largest absolute Gasteiger partial charge is 0.480 e. The average molecular weight is 332 g/mol. The van der Waals surface area contributed by atoms with Crippen LogP contribution in [-0.4, -0.2) is 32.1 Å². The molecule has 0 amide bonds. The summed E-state index contributed by atoms with van der Waals surface area (Å²) in [5, 5.41) is 8.57. The highest BCUT2D eigenvalue weighted by molar-refractivity contribution is 7.89. The number of hydrogen-bond donors (Lipinski definition) is 2. The van der Waals surface area contributed by atoms with E-state index in [0.717, 1.165) is 0 Å². The number of ether oxygens (including phenoxy) is 1. The van der Waals surface area contributed by atoms with Gasteiger partial charge in [0, 0.05) is 6.04 Å². The molecule has 0 radical (unpaired) electrons. The first kappa shape index (κ1) is 15.8. The summed E-state index contributed by atoms with van der Waals surface area (Å²) in [7, 11) is -3.66. The zero-order valence-corrected chi connectivity index (χ0v) is 12.5.